The molecule has 0 aromatic carbocycles. The van der Waals surface area contributed by atoms with Crippen LogP contribution in [-0.4, -0.2) is 7.32 Å². The Kier molecular flexibility index (Phi) is 8.90. The highest BCUT2D eigenvalue weighted by Crippen LogP contribution is 1.91. The predicted molar refractivity (Wildman–Crippen MR) is 17.4 cm³/mol. The molecule has 0 heterocycles. The van der Waals surface area contributed by atoms with Crippen molar-refractivity contribution in [3.05, 3.63) is 0 Å². The molecule has 0 aliphatic carbocycles. The lowest BCUT2D eigenvalue weighted by Gasteiger charge is -1.88. The zero-order valence-corrected chi connectivity index (χ0v) is 3.64. The van der Waals surface area contributed by atoms with Crippen molar-refractivity contribution in [3.63, 3.8) is 0 Å². The lowest BCUT2D eigenvalue weighted by atomic mass is 10.3. The van der Waals surface area contributed by atoms with Crippen molar-refractivity contribution in [2.24, 2.45) is 0 Å². The molecule has 0 aromatic heterocycles. The van der Waals surface area contributed by atoms with Crippen molar-refractivity contribution in [2.45, 2.75) is 0 Å². The molecule has 0 amide bonds. The summed E-state index contributed by atoms with van der Waals surface area (Å²) in [6.45, 7) is 0. The molecule has 0 unspecified atom stereocenters. The standard InChI is InChI=1S/BF3O3.H3N/c2-5-1(6-3)7-4;/h;1H3. The fraction of sp³-hybridized carbons (Fsp3) is 0. The van der Waals surface area contributed by atoms with Crippen molar-refractivity contribution in [3.8, 4) is 0 Å². The smallest absolute Gasteiger partial charge is 0.344 e. The monoisotopic (exact) mass is 133 g/mol. The van der Waals surface area contributed by atoms with E-state index in [0.29, 0.717) is 0 Å². The van der Waals surface area contributed by atoms with Gasteiger partial charge in [0.1, 0.15) is 0 Å². The fourth-order valence-corrected chi connectivity index (χ4v) is 0.0412. The minimum absolute atomic E-state index is 0. The molecular formula is H3BF3NO3. The summed E-state index contributed by atoms with van der Waals surface area (Å²) in [5.74, 6) is 0. The summed E-state index contributed by atoms with van der Waals surface area (Å²) in [5, 5.41) is 0. The summed E-state index contributed by atoms with van der Waals surface area (Å²) < 4.78 is 31.3. The van der Waals surface area contributed by atoms with Crippen LogP contribution in [0.25, 0.3) is 0 Å². The Morgan fingerprint density at radius 1 is 0.875 bits per heavy atom. The second-order valence-corrected chi connectivity index (χ2v) is 0.556. The number of hydrogen-bond donors (Lipinski definition) is 1. The highest BCUT2D eigenvalue weighted by Gasteiger charge is 2.24. The summed E-state index contributed by atoms with van der Waals surface area (Å²) in [4.78, 5) is 7.06. The number of halogens is 3. The molecule has 0 radical (unpaired) electrons. The molecule has 0 saturated heterocycles. The summed E-state index contributed by atoms with van der Waals surface area (Å²) in [5.41, 5.74) is 0. The van der Waals surface area contributed by atoms with Crippen LogP contribution in [0, 0.1) is 0 Å². The van der Waals surface area contributed by atoms with Gasteiger partial charge in [-0.15, -0.1) is 0 Å². The fourth-order valence-electron chi connectivity index (χ4n) is 0.0412. The van der Waals surface area contributed by atoms with E-state index in [9.17, 15) is 13.6 Å². The van der Waals surface area contributed by atoms with Gasteiger partial charge in [-0.3, -0.25) is 0 Å². The maximum Gasteiger partial charge on any atom is 0.737 e. The lowest BCUT2D eigenvalue weighted by molar-refractivity contribution is -0.190. The zero-order valence-electron chi connectivity index (χ0n) is 3.64. The summed E-state index contributed by atoms with van der Waals surface area (Å²) in [7, 11) is -2.51. The van der Waals surface area contributed by atoms with E-state index in [2.05, 4.69) is 14.6 Å². The maximum atomic E-state index is 10.4. The molecule has 3 N–H and O–H groups in total. The minimum Gasteiger partial charge on any atom is -0.344 e. The third kappa shape index (κ3) is 3.87. The van der Waals surface area contributed by atoms with E-state index in [1.54, 1.807) is 0 Å². The van der Waals surface area contributed by atoms with Crippen molar-refractivity contribution in [1.82, 2.24) is 6.15 Å². The average Bonchev–Trinajstić information content (AvgIpc) is 1.72. The van der Waals surface area contributed by atoms with Gasteiger partial charge in [0, 0.05) is 0 Å². The van der Waals surface area contributed by atoms with Gasteiger partial charge < -0.3 is 6.15 Å². The molecule has 0 bridgehead atoms. The van der Waals surface area contributed by atoms with Gasteiger partial charge in [-0.05, 0) is 0 Å². The summed E-state index contributed by atoms with van der Waals surface area (Å²) in [6, 6.07) is 0. The van der Waals surface area contributed by atoms with Crippen LogP contribution in [0.15, 0.2) is 0 Å². The normalized spacial score (nSPS) is 7.88. The third-order valence-electron chi connectivity index (χ3n) is 0.218. The van der Waals surface area contributed by atoms with Crippen molar-refractivity contribution in [1.29, 1.82) is 0 Å². The lowest BCUT2D eigenvalue weighted by Crippen LogP contribution is -2.15. The van der Waals surface area contributed by atoms with Crippen molar-refractivity contribution in [2.75, 3.05) is 0 Å². The average molecular weight is 133 g/mol. The molecule has 0 aliphatic rings. The van der Waals surface area contributed by atoms with Crippen LogP contribution in [0.4, 0.5) is 13.6 Å². The van der Waals surface area contributed by atoms with Crippen LogP contribution in [0.2, 0.25) is 0 Å². The molecule has 0 aromatic rings. The van der Waals surface area contributed by atoms with Crippen LogP contribution in [0.5, 0.6) is 0 Å². The van der Waals surface area contributed by atoms with Crippen LogP contribution < -0.4 is 6.15 Å². The summed E-state index contributed by atoms with van der Waals surface area (Å²) in [6.07, 6.45) is 0. The van der Waals surface area contributed by atoms with Gasteiger partial charge in [-0.1, -0.05) is 13.6 Å². The van der Waals surface area contributed by atoms with E-state index in [1.807, 2.05) is 0 Å². The molecule has 8 heteroatoms. The number of rotatable bonds is 3. The largest absolute Gasteiger partial charge is 0.737 e. The highest BCUT2D eigenvalue weighted by molar-refractivity contribution is 6.35. The SMILES string of the molecule is FOB(OF)OF.N. The third-order valence-corrected chi connectivity index (χ3v) is 0.218. The van der Waals surface area contributed by atoms with Crippen molar-refractivity contribution < 1.29 is 28.2 Å². The van der Waals surface area contributed by atoms with E-state index in [-0.39, 0.29) is 6.15 Å². The van der Waals surface area contributed by atoms with Gasteiger partial charge in [-0.2, -0.15) is 14.6 Å². The summed E-state index contributed by atoms with van der Waals surface area (Å²) >= 11 is 0. The van der Waals surface area contributed by atoms with Gasteiger partial charge in [0.2, 0.25) is 0 Å². The first-order chi connectivity index (χ1) is 3.35. The predicted octanol–water partition coefficient (Wildman–Crippen LogP) is 0.837. The van der Waals surface area contributed by atoms with Crippen LogP contribution in [-0.2, 0) is 14.6 Å². The van der Waals surface area contributed by atoms with Crippen LogP contribution in [0.3, 0.4) is 0 Å². The van der Waals surface area contributed by atoms with E-state index in [1.165, 1.54) is 0 Å². The van der Waals surface area contributed by atoms with Gasteiger partial charge in [0.05, 0.1) is 0 Å². The molecule has 0 fully saturated rings. The first kappa shape index (κ1) is 10.6. The molecule has 8 heavy (non-hydrogen) atoms. The Labute approximate surface area is 43.0 Å². The molecule has 0 rings (SSSR count). The van der Waals surface area contributed by atoms with Crippen LogP contribution >= 0.6 is 0 Å². The molecule has 0 atom stereocenters. The van der Waals surface area contributed by atoms with Gasteiger partial charge in [0.15, 0.2) is 0 Å². The van der Waals surface area contributed by atoms with Crippen molar-refractivity contribution >= 4 is 7.32 Å². The first-order valence-electron chi connectivity index (χ1n) is 1.17. The van der Waals surface area contributed by atoms with E-state index < -0.39 is 7.32 Å². The topological polar surface area (TPSA) is 62.7 Å². The first-order valence-corrected chi connectivity index (χ1v) is 1.17. The molecule has 0 saturated carbocycles. The highest BCUT2D eigenvalue weighted by atomic mass is 19.3. The Hall–Kier alpha value is -0.305. The molecule has 0 spiro atoms. The Balaban J connectivity index is 0. The molecule has 50 valence electrons. The molecule has 4 nitrogen and oxygen atoms in total. The van der Waals surface area contributed by atoms with E-state index >= 15 is 0 Å². The van der Waals surface area contributed by atoms with Gasteiger partial charge >= 0.3 is 7.32 Å². The van der Waals surface area contributed by atoms with Crippen LogP contribution in [0.1, 0.15) is 0 Å². The Morgan fingerprint density at radius 3 is 1.12 bits per heavy atom. The number of hydrogen-bond acceptors (Lipinski definition) is 4. The molecular weight excluding hydrogens is 130 g/mol. The zero-order chi connectivity index (χ0) is 5.70. The quantitative estimate of drug-likeness (QED) is 0.579. The Morgan fingerprint density at radius 2 is 1.12 bits per heavy atom. The minimum atomic E-state index is -2.51. The van der Waals surface area contributed by atoms with E-state index in [4.69, 9.17) is 0 Å². The van der Waals surface area contributed by atoms with Gasteiger partial charge in [-0.25, -0.2) is 0 Å². The van der Waals surface area contributed by atoms with E-state index in [0.717, 1.165) is 0 Å². The maximum absolute atomic E-state index is 10.4. The Bertz CT molecular complexity index is 36.0. The van der Waals surface area contributed by atoms with Gasteiger partial charge in [0.25, 0.3) is 0 Å². The second-order valence-electron chi connectivity index (χ2n) is 0.556. The second kappa shape index (κ2) is 6.69. The molecule has 0 aliphatic heterocycles.